The predicted octanol–water partition coefficient (Wildman–Crippen LogP) is 9.30. The highest BCUT2D eigenvalue weighted by molar-refractivity contribution is 8.16. The molecule has 0 saturated carbocycles. The Labute approximate surface area is 224 Å². The highest BCUT2D eigenvalue weighted by atomic mass is 32.2. The van der Waals surface area contributed by atoms with Gasteiger partial charge in [0.05, 0.1) is 10.3 Å². The van der Waals surface area contributed by atoms with E-state index in [4.69, 9.17) is 9.73 Å². The maximum Gasteiger partial charge on any atom is 0.197 e. The molecule has 0 aliphatic heterocycles. The van der Waals surface area contributed by atoms with Crippen LogP contribution in [-0.2, 0) is 11.5 Å². The quantitative estimate of drug-likeness (QED) is 0.120. The summed E-state index contributed by atoms with van der Waals surface area (Å²) in [6.07, 6.45) is 0.732. The van der Waals surface area contributed by atoms with Crippen molar-refractivity contribution in [3.8, 4) is 5.75 Å². The Morgan fingerprint density at radius 1 is 0.694 bits per heavy atom. The molecule has 0 fully saturated rings. The molecule has 0 saturated heterocycles. The first-order valence-corrected chi connectivity index (χ1v) is 14.4. The monoisotopic (exact) mass is 511 g/mol. The molecule has 0 atom stereocenters. The van der Waals surface area contributed by atoms with Crippen LogP contribution in [0.15, 0.2) is 108 Å². The van der Waals surface area contributed by atoms with Crippen LogP contribution in [0.3, 0.4) is 0 Å². The van der Waals surface area contributed by atoms with Crippen LogP contribution >= 0.6 is 23.5 Å². The van der Waals surface area contributed by atoms with Gasteiger partial charge in [0.1, 0.15) is 5.75 Å². The number of rotatable bonds is 10. The lowest BCUT2D eigenvalue weighted by atomic mass is 10.1. The summed E-state index contributed by atoms with van der Waals surface area (Å²) in [5.41, 5.74) is 7.27. The molecular formula is C32H33NOS2. The third-order valence-electron chi connectivity index (χ3n) is 5.87. The Kier molecular flexibility index (Phi) is 9.71. The van der Waals surface area contributed by atoms with Crippen molar-refractivity contribution in [1.82, 2.24) is 0 Å². The molecule has 0 bridgehead atoms. The zero-order chi connectivity index (χ0) is 25.2. The Bertz CT molecular complexity index is 1230. The van der Waals surface area contributed by atoms with Crippen molar-refractivity contribution in [3.05, 3.63) is 131 Å². The van der Waals surface area contributed by atoms with Crippen LogP contribution in [-0.4, -0.2) is 10.5 Å². The van der Waals surface area contributed by atoms with Crippen LogP contribution in [0.5, 0.6) is 5.75 Å². The molecular weight excluding hydrogens is 478 g/mol. The first kappa shape index (κ1) is 26.1. The molecule has 2 nitrogen and oxygen atoms in total. The van der Waals surface area contributed by atoms with Crippen molar-refractivity contribution in [3.63, 3.8) is 0 Å². The van der Waals surface area contributed by atoms with Crippen LogP contribution in [0, 0.1) is 20.8 Å². The summed E-state index contributed by atoms with van der Waals surface area (Å²) in [5, 5.41) is 0. The van der Waals surface area contributed by atoms with Crippen LogP contribution in [0.4, 0.5) is 5.69 Å². The minimum Gasteiger partial charge on any atom is -0.443 e. The fourth-order valence-electron chi connectivity index (χ4n) is 3.70. The molecule has 36 heavy (non-hydrogen) atoms. The minimum absolute atomic E-state index is 0.292. The number of nitrogens with zero attached hydrogens (tertiary/aromatic N) is 1. The average Bonchev–Trinajstić information content (AvgIpc) is 2.89. The zero-order valence-corrected chi connectivity index (χ0v) is 22.8. The second-order valence-electron chi connectivity index (χ2n) is 8.92. The molecule has 0 unspecified atom stereocenters. The van der Waals surface area contributed by atoms with E-state index in [2.05, 4.69) is 112 Å². The highest BCUT2D eigenvalue weighted by Gasteiger charge is 2.17. The molecule has 0 N–H and O–H groups in total. The normalized spacial score (nSPS) is 11.6. The molecule has 0 spiro atoms. The Balaban J connectivity index is 1.58. The number of benzene rings is 4. The topological polar surface area (TPSA) is 21.6 Å². The van der Waals surface area contributed by atoms with Crippen molar-refractivity contribution in [2.24, 2.45) is 4.99 Å². The van der Waals surface area contributed by atoms with Crippen molar-refractivity contribution in [2.45, 2.75) is 43.3 Å². The Hall–Kier alpha value is -2.95. The maximum atomic E-state index is 6.43. The first-order chi connectivity index (χ1) is 17.5. The number of aryl methyl sites for hydroxylation is 3. The second kappa shape index (κ2) is 13.4. The molecule has 184 valence electrons. The van der Waals surface area contributed by atoms with Gasteiger partial charge in [-0.1, -0.05) is 78.9 Å². The highest BCUT2D eigenvalue weighted by Crippen LogP contribution is 2.33. The standard InChI is InChI=1S/C32H33NOS2/c1-24-11-10-16-30(19-24)34-31(33-29-18-17-25(2)26(3)20-29)21-32(35-22-27-12-6-4-7-13-27)36-23-28-14-8-5-9-15-28/h4-20,32H,21-23H2,1-3H3/b33-31-. The predicted molar refractivity (Wildman–Crippen MR) is 159 cm³/mol. The third kappa shape index (κ3) is 8.32. The molecule has 0 amide bonds. The van der Waals surface area contributed by atoms with Gasteiger partial charge in [-0.05, 0) is 72.9 Å². The van der Waals surface area contributed by atoms with Gasteiger partial charge >= 0.3 is 0 Å². The summed E-state index contributed by atoms with van der Waals surface area (Å²) in [4.78, 5) is 5.00. The van der Waals surface area contributed by atoms with E-state index in [1.807, 2.05) is 35.7 Å². The minimum atomic E-state index is 0.292. The van der Waals surface area contributed by atoms with Gasteiger partial charge in [-0.15, -0.1) is 23.5 Å². The number of aliphatic imine (C=N–C) groups is 1. The lowest BCUT2D eigenvalue weighted by Crippen LogP contribution is -2.15. The van der Waals surface area contributed by atoms with Gasteiger partial charge in [-0.2, -0.15) is 0 Å². The van der Waals surface area contributed by atoms with Gasteiger partial charge in [0.2, 0.25) is 0 Å². The van der Waals surface area contributed by atoms with E-state index < -0.39 is 0 Å². The van der Waals surface area contributed by atoms with E-state index in [9.17, 15) is 0 Å². The molecule has 0 radical (unpaired) electrons. The summed E-state index contributed by atoms with van der Waals surface area (Å²) in [5.74, 6) is 3.48. The average molecular weight is 512 g/mol. The number of thioether (sulfide) groups is 2. The van der Waals surface area contributed by atoms with Crippen molar-refractivity contribution in [1.29, 1.82) is 0 Å². The molecule has 4 aromatic carbocycles. The number of ether oxygens (including phenoxy) is 1. The fraction of sp³-hybridized carbons (Fsp3) is 0.219. The van der Waals surface area contributed by atoms with Gasteiger partial charge in [0, 0.05) is 17.9 Å². The van der Waals surface area contributed by atoms with Gasteiger partial charge < -0.3 is 4.74 Å². The van der Waals surface area contributed by atoms with Crippen molar-refractivity contribution >= 4 is 35.1 Å². The third-order valence-corrected chi connectivity index (χ3v) is 8.76. The second-order valence-corrected chi connectivity index (χ2v) is 11.6. The van der Waals surface area contributed by atoms with E-state index in [1.165, 1.54) is 27.8 Å². The molecule has 0 aliphatic rings. The number of hydrogen-bond acceptors (Lipinski definition) is 4. The molecule has 4 rings (SSSR count). The van der Waals surface area contributed by atoms with Crippen molar-refractivity contribution < 1.29 is 4.74 Å². The van der Waals surface area contributed by atoms with E-state index >= 15 is 0 Å². The summed E-state index contributed by atoms with van der Waals surface area (Å²) in [7, 11) is 0. The molecule has 0 heterocycles. The molecule has 4 aromatic rings. The Morgan fingerprint density at radius 2 is 1.33 bits per heavy atom. The SMILES string of the molecule is Cc1cccc(O/C(CC(SCc2ccccc2)SCc2ccccc2)=N\c2ccc(C)c(C)c2)c1. The van der Waals surface area contributed by atoms with Crippen LogP contribution in [0.2, 0.25) is 0 Å². The van der Waals surface area contributed by atoms with E-state index in [0.717, 1.165) is 35.3 Å². The van der Waals surface area contributed by atoms with Gasteiger partial charge in [0.15, 0.2) is 5.90 Å². The summed E-state index contributed by atoms with van der Waals surface area (Å²) >= 11 is 3.91. The molecule has 0 aromatic heterocycles. The summed E-state index contributed by atoms with van der Waals surface area (Å²) in [6, 6.07) is 35.9. The largest absolute Gasteiger partial charge is 0.443 e. The van der Waals surface area contributed by atoms with E-state index in [-0.39, 0.29) is 0 Å². The zero-order valence-electron chi connectivity index (χ0n) is 21.2. The van der Waals surface area contributed by atoms with Gasteiger partial charge in [0.25, 0.3) is 0 Å². The van der Waals surface area contributed by atoms with E-state index in [0.29, 0.717) is 4.58 Å². The smallest absolute Gasteiger partial charge is 0.197 e. The van der Waals surface area contributed by atoms with Crippen molar-refractivity contribution in [2.75, 3.05) is 0 Å². The lowest BCUT2D eigenvalue weighted by Gasteiger charge is -2.19. The summed E-state index contributed by atoms with van der Waals surface area (Å²) in [6.45, 7) is 6.34. The molecule has 0 aliphatic carbocycles. The number of hydrogen-bond donors (Lipinski definition) is 0. The Morgan fingerprint density at radius 3 is 1.92 bits per heavy atom. The van der Waals surface area contributed by atoms with E-state index in [1.54, 1.807) is 0 Å². The first-order valence-electron chi connectivity index (χ1n) is 12.3. The van der Waals surface area contributed by atoms with Crippen LogP contribution in [0.1, 0.15) is 34.2 Å². The van der Waals surface area contributed by atoms with Gasteiger partial charge in [-0.3, -0.25) is 0 Å². The molecule has 4 heteroatoms. The lowest BCUT2D eigenvalue weighted by molar-refractivity contribution is 0.535. The van der Waals surface area contributed by atoms with Crippen LogP contribution in [0.25, 0.3) is 0 Å². The summed E-state index contributed by atoms with van der Waals surface area (Å²) < 4.78 is 6.72. The van der Waals surface area contributed by atoms with Gasteiger partial charge in [-0.25, -0.2) is 4.99 Å². The van der Waals surface area contributed by atoms with Crippen LogP contribution < -0.4 is 4.74 Å². The fourth-order valence-corrected chi connectivity index (χ4v) is 6.16. The maximum absolute atomic E-state index is 6.43.